The molecule has 4 atom stereocenters. The van der Waals surface area contributed by atoms with E-state index in [4.69, 9.17) is 14.2 Å². The molecule has 206 valence electrons. The second-order valence-electron chi connectivity index (χ2n) is 10.8. The number of fused-ring (bicyclic) bond motifs is 1. The first-order valence-electron chi connectivity index (χ1n) is 13.4. The van der Waals surface area contributed by atoms with E-state index in [1.807, 2.05) is 24.3 Å². The third-order valence-electron chi connectivity index (χ3n) is 7.81. The standard InChI is InChI=1S/C30H41N3O5/c1-19-14-20(2)18-33(17-19)13-7-12-31-29(34)27-23-15-25(37-5)26(38-6)16-24(23)30(35)32(3)28(27)21-8-10-22(36-4)11-9-21/h8-11,15-16,19-20,27-28H,7,12-14,17-18H2,1-6H3,(H,31,34)/t19-,20-,27-,28-/m1/s1. The molecule has 0 unspecified atom stereocenters. The van der Waals surface area contributed by atoms with Crippen LogP contribution < -0.4 is 19.5 Å². The van der Waals surface area contributed by atoms with Crippen LogP contribution in [-0.2, 0) is 4.79 Å². The van der Waals surface area contributed by atoms with Crippen LogP contribution in [0.2, 0.25) is 0 Å². The molecule has 2 aliphatic heterocycles. The Balaban J connectivity index is 1.60. The first-order chi connectivity index (χ1) is 18.3. The van der Waals surface area contributed by atoms with Crippen molar-refractivity contribution in [2.45, 2.75) is 38.6 Å². The molecule has 2 aliphatic rings. The van der Waals surface area contributed by atoms with Crippen molar-refractivity contribution in [2.24, 2.45) is 11.8 Å². The van der Waals surface area contributed by atoms with Crippen LogP contribution in [0.1, 0.15) is 60.1 Å². The van der Waals surface area contributed by atoms with Crippen LogP contribution in [0.15, 0.2) is 36.4 Å². The summed E-state index contributed by atoms with van der Waals surface area (Å²) in [5.74, 6) is 2.18. The van der Waals surface area contributed by atoms with Gasteiger partial charge in [0.15, 0.2) is 11.5 Å². The molecule has 2 aromatic carbocycles. The van der Waals surface area contributed by atoms with Gasteiger partial charge in [-0.05, 0) is 66.6 Å². The Morgan fingerprint density at radius 1 is 0.974 bits per heavy atom. The summed E-state index contributed by atoms with van der Waals surface area (Å²) in [4.78, 5) is 31.5. The van der Waals surface area contributed by atoms with Crippen LogP contribution in [0.25, 0.3) is 0 Å². The SMILES string of the molecule is COc1ccc([C@@H]2[C@H](C(=O)NCCCN3C[C@H](C)C[C@@H](C)C3)c3cc(OC)c(OC)cc3C(=O)N2C)cc1. The number of piperidine rings is 1. The zero-order chi connectivity index (χ0) is 27.4. The lowest BCUT2D eigenvalue weighted by molar-refractivity contribution is -0.124. The molecule has 0 aliphatic carbocycles. The fraction of sp³-hybridized carbons (Fsp3) is 0.533. The molecule has 0 saturated carbocycles. The Morgan fingerprint density at radius 3 is 2.21 bits per heavy atom. The van der Waals surface area contributed by atoms with Gasteiger partial charge in [0.1, 0.15) is 5.75 Å². The molecule has 2 amide bonds. The molecule has 8 heteroatoms. The van der Waals surface area contributed by atoms with E-state index in [0.29, 0.717) is 46.8 Å². The van der Waals surface area contributed by atoms with Crippen LogP contribution >= 0.6 is 0 Å². The number of methoxy groups -OCH3 is 3. The quantitative estimate of drug-likeness (QED) is 0.499. The highest BCUT2D eigenvalue weighted by molar-refractivity contribution is 6.02. The number of ether oxygens (including phenoxy) is 3. The van der Waals surface area contributed by atoms with Gasteiger partial charge in [0, 0.05) is 32.2 Å². The highest BCUT2D eigenvalue weighted by Gasteiger charge is 2.43. The minimum Gasteiger partial charge on any atom is -0.497 e. The maximum atomic E-state index is 13.9. The van der Waals surface area contributed by atoms with E-state index in [0.717, 1.165) is 31.6 Å². The lowest BCUT2D eigenvalue weighted by atomic mass is 9.79. The van der Waals surface area contributed by atoms with E-state index in [2.05, 4.69) is 24.1 Å². The molecule has 1 fully saturated rings. The second-order valence-corrected chi connectivity index (χ2v) is 10.8. The molecule has 2 heterocycles. The smallest absolute Gasteiger partial charge is 0.254 e. The van der Waals surface area contributed by atoms with Crippen molar-refractivity contribution in [3.05, 3.63) is 53.1 Å². The summed E-state index contributed by atoms with van der Waals surface area (Å²) in [6.07, 6.45) is 2.15. The summed E-state index contributed by atoms with van der Waals surface area (Å²) in [7, 11) is 6.45. The Kier molecular flexibility index (Phi) is 8.82. The number of hydrogen-bond donors (Lipinski definition) is 1. The van der Waals surface area contributed by atoms with Crippen molar-refractivity contribution >= 4 is 11.8 Å². The van der Waals surface area contributed by atoms with E-state index in [-0.39, 0.29) is 11.8 Å². The van der Waals surface area contributed by atoms with E-state index >= 15 is 0 Å². The van der Waals surface area contributed by atoms with Gasteiger partial charge in [0.25, 0.3) is 5.91 Å². The van der Waals surface area contributed by atoms with Crippen molar-refractivity contribution in [3.63, 3.8) is 0 Å². The number of benzene rings is 2. The van der Waals surface area contributed by atoms with Crippen molar-refractivity contribution in [1.82, 2.24) is 15.1 Å². The van der Waals surface area contributed by atoms with E-state index in [1.165, 1.54) is 13.5 Å². The zero-order valence-electron chi connectivity index (χ0n) is 23.5. The van der Waals surface area contributed by atoms with Gasteiger partial charge in [-0.15, -0.1) is 0 Å². The highest BCUT2D eigenvalue weighted by atomic mass is 16.5. The largest absolute Gasteiger partial charge is 0.497 e. The van der Waals surface area contributed by atoms with Crippen LogP contribution in [0.4, 0.5) is 0 Å². The van der Waals surface area contributed by atoms with Crippen LogP contribution in [0.5, 0.6) is 17.2 Å². The molecule has 0 spiro atoms. The van der Waals surface area contributed by atoms with E-state index < -0.39 is 12.0 Å². The van der Waals surface area contributed by atoms with Crippen molar-refractivity contribution in [1.29, 1.82) is 0 Å². The van der Waals surface area contributed by atoms with Gasteiger partial charge in [-0.1, -0.05) is 26.0 Å². The Morgan fingerprint density at radius 2 is 1.61 bits per heavy atom. The number of likely N-dealkylation sites (N-methyl/N-ethyl adjacent to an activating group) is 1. The Bertz CT molecular complexity index is 1130. The number of nitrogens with zero attached hydrogens (tertiary/aromatic N) is 2. The maximum Gasteiger partial charge on any atom is 0.254 e. The number of rotatable bonds is 9. The van der Waals surface area contributed by atoms with Gasteiger partial charge in [0.05, 0.1) is 33.3 Å². The molecule has 0 aromatic heterocycles. The minimum atomic E-state index is -0.615. The molecule has 1 N–H and O–H groups in total. The van der Waals surface area contributed by atoms with Gasteiger partial charge in [-0.3, -0.25) is 9.59 Å². The summed E-state index contributed by atoms with van der Waals surface area (Å²) in [5, 5.41) is 3.18. The Labute approximate surface area is 226 Å². The summed E-state index contributed by atoms with van der Waals surface area (Å²) < 4.78 is 16.3. The van der Waals surface area contributed by atoms with Gasteiger partial charge in [-0.2, -0.15) is 0 Å². The van der Waals surface area contributed by atoms with E-state index in [9.17, 15) is 9.59 Å². The molecule has 8 nitrogen and oxygen atoms in total. The third kappa shape index (κ3) is 5.75. The number of amides is 2. The molecule has 2 aromatic rings. The van der Waals surface area contributed by atoms with Crippen LogP contribution in [-0.4, -0.2) is 76.2 Å². The summed E-state index contributed by atoms with van der Waals surface area (Å²) in [5.41, 5.74) is 1.95. The lowest BCUT2D eigenvalue weighted by Crippen LogP contribution is -2.46. The van der Waals surface area contributed by atoms with Crippen molar-refractivity contribution < 1.29 is 23.8 Å². The summed E-state index contributed by atoms with van der Waals surface area (Å²) in [6, 6.07) is 10.5. The molecule has 4 rings (SSSR count). The normalized spacial score (nSPS) is 23.5. The zero-order valence-corrected chi connectivity index (χ0v) is 23.5. The molecular formula is C30H41N3O5. The number of hydrogen-bond acceptors (Lipinski definition) is 6. The van der Waals surface area contributed by atoms with E-state index in [1.54, 1.807) is 38.3 Å². The van der Waals surface area contributed by atoms with Crippen LogP contribution in [0.3, 0.4) is 0 Å². The third-order valence-corrected chi connectivity index (χ3v) is 7.81. The summed E-state index contributed by atoms with van der Waals surface area (Å²) in [6.45, 7) is 8.38. The molecule has 38 heavy (non-hydrogen) atoms. The molecule has 0 bridgehead atoms. The summed E-state index contributed by atoms with van der Waals surface area (Å²) >= 11 is 0. The molecular weight excluding hydrogens is 482 g/mol. The van der Waals surface area contributed by atoms with Crippen LogP contribution in [0, 0.1) is 11.8 Å². The first-order valence-corrected chi connectivity index (χ1v) is 13.4. The lowest BCUT2D eigenvalue weighted by Gasteiger charge is -2.40. The number of nitrogens with one attached hydrogen (secondary N) is 1. The average molecular weight is 524 g/mol. The number of carbonyl (C=O) groups excluding carboxylic acids is 2. The second kappa shape index (κ2) is 12.1. The van der Waals surface area contributed by atoms with Gasteiger partial charge >= 0.3 is 0 Å². The maximum absolute atomic E-state index is 13.9. The molecule has 0 radical (unpaired) electrons. The van der Waals surface area contributed by atoms with Gasteiger partial charge in [-0.25, -0.2) is 0 Å². The monoisotopic (exact) mass is 523 g/mol. The first kappa shape index (κ1) is 27.8. The fourth-order valence-corrected chi connectivity index (χ4v) is 6.15. The average Bonchev–Trinajstić information content (AvgIpc) is 2.91. The van der Waals surface area contributed by atoms with Gasteiger partial charge in [0.2, 0.25) is 5.91 Å². The number of carbonyl (C=O) groups is 2. The fourth-order valence-electron chi connectivity index (χ4n) is 6.15. The van der Waals surface area contributed by atoms with Crippen molar-refractivity contribution in [3.8, 4) is 17.2 Å². The van der Waals surface area contributed by atoms with Crippen molar-refractivity contribution in [2.75, 3.05) is 54.6 Å². The topological polar surface area (TPSA) is 80.3 Å². The number of likely N-dealkylation sites (tertiary alicyclic amines) is 1. The molecule has 1 saturated heterocycles. The van der Waals surface area contributed by atoms with Gasteiger partial charge < -0.3 is 29.3 Å². The Hall–Kier alpha value is -3.26. The highest BCUT2D eigenvalue weighted by Crippen LogP contribution is 2.45. The minimum absolute atomic E-state index is 0.112. The predicted molar refractivity (Wildman–Crippen MR) is 147 cm³/mol. The predicted octanol–water partition coefficient (Wildman–Crippen LogP) is 4.11.